The van der Waals surface area contributed by atoms with E-state index in [2.05, 4.69) is 4.90 Å². The van der Waals surface area contributed by atoms with Crippen LogP contribution in [0.2, 0.25) is 5.02 Å². The number of hydrogen-bond acceptors (Lipinski definition) is 4. The van der Waals surface area contributed by atoms with Gasteiger partial charge in [0.25, 0.3) is 5.91 Å². The lowest BCUT2D eigenvalue weighted by atomic mass is 9.87. The monoisotopic (exact) mass is 509 g/mol. The van der Waals surface area contributed by atoms with Gasteiger partial charge >= 0.3 is 12.1 Å². The van der Waals surface area contributed by atoms with Crippen molar-refractivity contribution in [2.75, 3.05) is 40.3 Å². The van der Waals surface area contributed by atoms with Gasteiger partial charge in [0.2, 0.25) is 5.91 Å². The molecule has 0 aliphatic carbocycles. The molecule has 0 bridgehead atoms. The molecular formula is C22H28ClF4N3O4. The third-order valence-corrected chi connectivity index (χ3v) is 6.49. The van der Waals surface area contributed by atoms with E-state index in [1.54, 1.807) is 25.1 Å². The summed E-state index contributed by atoms with van der Waals surface area (Å²) in [5.74, 6) is -3.37. The number of likely N-dealkylation sites (tertiary alicyclic amines) is 2. The molecule has 1 spiro atoms. The van der Waals surface area contributed by atoms with Crippen molar-refractivity contribution in [1.29, 1.82) is 0 Å². The van der Waals surface area contributed by atoms with E-state index in [1.165, 1.54) is 12.1 Å². The second-order valence-corrected chi connectivity index (χ2v) is 9.02. The highest BCUT2D eigenvalue weighted by atomic mass is 35.5. The van der Waals surface area contributed by atoms with Crippen LogP contribution in [-0.2, 0) is 9.59 Å². The number of aliphatic carboxylic acids is 1. The third kappa shape index (κ3) is 7.05. The zero-order valence-corrected chi connectivity index (χ0v) is 19.8. The molecule has 3 rings (SSSR count). The number of carbonyl (C=O) groups is 3. The van der Waals surface area contributed by atoms with E-state index in [-0.39, 0.29) is 22.4 Å². The lowest BCUT2D eigenvalue weighted by Gasteiger charge is -2.38. The molecule has 34 heavy (non-hydrogen) atoms. The van der Waals surface area contributed by atoms with Gasteiger partial charge in [0, 0.05) is 38.3 Å². The van der Waals surface area contributed by atoms with Crippen LogP contribution in [0.15, 0.2) is 18.2 Å². The molecule has 1 aromatic rings. The second kappa shape index (κ2) is 11.4. The average Bonchev–Trinajstić information content (AvgIpc) is 2.99. The third-order valence-electron chi connectivity index (χ3n) is 6.18. The van der Waals surface area contributed by atoms with E-state index in [0.29, 0.717) is 25.2 Å². The fourth-order valence-corrected chi connectivity index (χ4v) is 4.42. The van der Waals surface area contributed by atoms with Crippen LogP contribution in [0.3, 0.4) is 0 Å². The van der Waals surface area contributed by atoms with Gasteiger partial charge in [0.05, 0.1) is 11.6 Å². The predicted molar refractivity (Wildman–Crippen MR) is 117 cm³/mol. The summed E-state index contributed by atoms with van der Waals surface area (Å²) in [4.78, 5) is 39.7. The van der Waals surface area contributed by atoms with Crippen molar-refractivity contribution in [2.24, 2.45) is 0 Å². The molecule has 2 aliphatic heterocycles. The van der Waals surface area contributed by atoms with E-state index in [4.69, 9.17) is 21.5 Å². The topological polar surface area (TPSA) is 81.2 Å². The molecule has 12 heteroatoms. The van der Waals surface area contributed by atoms with Crippen LogP contribution in [0.4, 0.5) is 17.6 Å². The van der Waals surface area contributed by atoms with E-state index in [0.717, 1.165) is 38.6 Å². The standard InChI is InChI=1S/C20H27ClFN3O2.C2HF3O2/c1-23(2)18(26)14-25-11-4-8-20(25)7-3-10-24(12-9-20)19(27)15-5-6-16(21)17(22)13-15;3-2(4,5)1(6)7/h5-6,13H,3-4,7-12,14H2,1-2H3;(H,6,7). The van der Waals surface area contributed by atoms with Gasteiger partial charge in [-0.25, -0.2) is 9.18 Å². The fraction of sp³-hybridized carbons (Fsp3) is 0.591. The summed E-state index contributed by atoms with van der Waals surface area (Å²) in [5.41, 5.74) is 0.324. The number of benzene rings is 1. The van der Waals surface area contributed by atoms with Crippen molar-refractivity contribution >= 4 is 29.4 Å². The molecule has 0 saturated carbocycles. The first-order valence-corrected chi connectivity index (χ1v) is 11.1. The Hall–Kier alpha value is -2.40. The number of hydrogen-bond donors (Lipinski definition) is 1. The lowest BCUT2D eigenvalue weighted by Crippen LogP contribution is -2.48. The van der Waals surface area contributed by atoms with Crippen LogP contribution in [-0.4, -0.2) is 89.6 Å². The Labute approximate surface area is 200 Å². The number of amides is 2. The first kappa shape index (κ1) is 27.8. The zero-order valence-electron chi connectivity index (χ0n) is 19.0. The summed E-state index contributed by atoms with van der Waals surface area (Å²) in [6.45, 7) is 2.63. The Balaban J connectivity index is 0.000000509. The van der Waals surface area contributed by atoms with Crippen molar-refractivity contribution in [2.45, 2.75) is 43.8 Å². The van der Waals surface area contributed by atoms with Gasteiger partial charge in [-0.2, -0.15) is 13.2 Å². The summed E-state index contributed by atoms with van der Waals surface area (Å²) in [7, 11) is 3.56. The van der Waals surface area contributed by atoms with Crippen LogP contribution in [0.1, 0.15) is 42.5 Å². The number of rotatable bonds is 3. The summed E-state index contributed by atoms with van der Waals surface area (Å²) in [6, 6.07) is 4.21. The SMILES string of the molecule is CN(C)C(=O)CN1CCCC12CCCN(C(=O)c1ccc(Cl)c(F)c1)CC2.O=C(O)C(F)(F)F. The lowest BCUT2D eigenvalue weighted by molar-refractivity contribution is -0.192. The average molecular weight is 510 g/mol. The molecular weight excluding hydrogens is 482 g/mol. The molecule has 2 aliphatic rings. The maximum atomic E-state index is 13.7. The molecule has 190 valence electrons. The van der Waals surface area contributed by atoms with Gasteiger partial charge in [0.15, 0.2) is 0 Å². The van der Waals surface area contributed by atoms with E-state index < -0.39 is 18.0 Å². The molecule has 1 unspecified atom stereocenters. The Morgan fingerprint density at radius 1 is 1.09 bits per heavy atom. The maximum absolute atomic E-state index is 13.7. The van der Waals surface area contributed by atoms with Crippen molar-refractivity contribution in [3.63, 3.8) is 0 Å². The van der Waals surface area contributed by atoms with E-state index in [9.17, 15) is 27.2 Å². The highest BCUT2D eigenvalue weighted by Gasteiger charge is 2.43. The molecule has 2 amide bonds. The highest BCUT2D eigenvalue weighted by molar-refractivity contribution is 6.30. The van der Waals surface area contributed by atoms with Crippen molar-refractivity contribution < 1.29 is 37.1 Å². The minimum atomic E-state index is -5.08. The molecule has 1 N–H and O–H groups in total. The van der Waals surface area contributed by atoms with Crippen molar-refractivity contribution in [1.82, 2.24) is 14.7 Å². The van der Waals surface area contributed by atoms with Crippen molar-refractivity contribution in [3.05, 3.63) is 34.6 Å². The highest BCUT2D eigenvalue weighted by Crippen LogP contribution is 2.38. The van der Waals surface area contributed by atoms with Crippen LogP contribution in [0, 0.1) is 5.82 Å². The second-order valence-electron chi connectivity index (χ2n) is 8.62. The van der Waals surface area contributed by atoms with Crippen LogP contribution >= 0.6 is 11.6 Å². The number of carbonyl (C=O) groups excluding carboxylic acids is 2. The Kier molecular flexibility index (Phi) is 9.29. The molecule has 1 atom stereocenters. The fourth-order valence-electron chi connectivity index (χ4n) is 4.31. The van der Waals surface area contributed by atoms with Crippen molar-refractivity contribution in [3.8, 4) is 0 Å². The van der Waals surface area contributed by atoms with Gasteiger partial charge in [-0.1, -0.05) is 11.6 Å². The Morgan fingerprint density at radius 3 is 2.21 bits per heavy atom. The number of carboxylic acids is 1. The van der Waals surface area contributed by atoms with Gasteiger partial charge in [-0.3, -0.25) is 14.5 Å². The van der Waals surface area contributed by atoms with E-state index >= 15 is 0 Å². The normalized spacial score (nSPS) is 21.0. The largest absolute Gasteiger partial charge is 0.490 e. The summed E-state index contributed by atoms with van der Waals surface area (Å²) >= 11 is 5.72. The number of halogens is 5. The van der Waals surface area contributed by atoms with Gasteiger partial charge in [-0.05, 0) is 56.8 Å². The smallest absolute Gasteiger partial charge is 0.475 e. The van der Waals surface area contributed by atoms with Gasteiger partial charge in [0.1, 0.15) is 5.82 Å². The Bertz CT molecular complexity index is 913. The number of alkyl halides is 3. The number of nitrogens with zero attached hydrogens (tertiary/aromatic N) is 3. The summed E-state index contributed by atoms with van der Waals surface area (Å²) in [5, 5.41) is 7.15. The minimum Gasteiger partial charge on any atom is -0.475 e. The molecule has 0 aromatic heterocycles. The zero-order chi connectivity index (χ0) is 25.7. The number of carboxylic acid groups (broad SMARTS) is 1. The van der Waals surface area contributed by atoms with E-state index in [1.807, 2.05) is 4.90 Å². The molecule has 2 saturated heterocycles. The maximum Gasteiger partial charge on any atom is 0.490 e. The minimum absolute atomic E-state index is 0.00799. The van der Waals surface area contributed by atoms with Gasteiger partial charge in [-0.15, -0.1) is 0 Å². The van der Waals surface area contributed by atoms with Gasteiger partial charge < -0.3 is 14.9 Å². The molecule has 2 heterocycles. The van der Waals surface area contributed by atoms with Crippen LogP contribution in [0.5, 0.6) is 0 Å². The molecule has 7 nitrogen and oxygen atoms in total. The van der Waals surface area contributed by atoms with Crippen LogP contribution in [0.25, 0.3) is 0 Å². The molecule has 2 fully saturated rings. The molecule has 1 aromatic carbocycles. The first-order valence-electron chi connectivity index (χ1n) is 10.8. The first-order chi connectivity index (χ1) is 15.8. The number of likely N-dealkylation sites (N-methyl/N-ethyl adjacent to an activating group) is 1. The van der Waals surface area contributed by atoms with Crippen LogP contribution < -0.4 is 0 Å². The summed E-state index contributed by atoms with van der Waals surface area (Å²) in [6.07, 6.45) is -0.237. The summed E-state index contributed by atoms with van der Waals surface area (Å²) < 4.78 is 45.5. The molecule has 0 radical (unpaired) electrons. The quantitative estimate of drug-likeness (QED) is 0.629. The predicted octanol–water partition coefficient (Wildman–Crippen LogP) is 3.66. The Morgan fingerprint density at radius 2 is 1.68 bits per heavy atom.